The number of alkyl halides is 3. The molecular formula is C9H12F3N3O4. The maximum Gasteiger partial charge on any atom is 0.490 e. The Kier molecular flexibility index (Phi) is 4.70. The number of nitrogens with zero attached hydrogens (tertiary/aromatic N) is 1. The zero-order valence-electron chi connectivity index (χ0n) is 9.66. The van der Waals surface area contributed by atoms with Crippen molar-refractivity contribution in [3.05, 3.63) is 0 Å². The first-order valence-corrected chi connectivity index (χ1v) is 5.31. The predicted octanol–water partition coefficient (Wildman–Crippen LogP) is -1.45. The number of aliphatic carboxylic acids is 1. The smallest absolute Gasteiger partial charge is 0.475 e. The van der Waals surface area contributed by atoms with Gasteiger partial charge in [0.25, 0.3) is 0 Å². The Hall–Kier alpha value is -1.84. The quantitative estimate of drug-likeness (QED) is 0.505. The van der Waals surface area contributed by atoms with Gasteiger partial charge in [-0.2, -0.15) is 13.2 Å². The van der Waals surface area contributed by atoms with Crippen LogP contribution in [0.2, 0.25) is 0 Å². The summed E-state index contributed by atoms with van der Waals surface area (Å²) in [5.74, 6) is -2.77. The molecule has 2 saturated heterocycles. The van der Waals surface area contributed by atoms with Gasteiger partial charge in [-0.3, -0.25) is 9.59 Å². The minimum Gasteiger partial charge on any atom is -0.475 e. The molecule has 0 bridgehead atoms. The number of carbonyl (C=O) groups is 3. The van der Waals surface area contributed by atoms with Crippen molar-refractivity contribution in [3.8, 4) is 0 Å². The minimum absolute atomic E-state index is 0.0288. The zero-order chi connectivity index (χ0) is 14.6. The number of carboxylic acid groups (broad SMARTS) is 1. The maximum atomic E-state index is 11.3. The van der Waals surface area contributed by atoms with Crippen molar-refractivity contribution in [2.45, 2.75) is 12.2 Å². The minimum atomic E-state index is -5.08. The molecule has 0 aromatic heterocycles. The number of fused-ring (bicyclic) bond motifs is 1. The summed E-state index contributed by atoms with van der Waals surface area (Å²) in [5.41, 5.74) is 0. The van der Waals surface area contributed by atoms with E-state index in [-0.39, 0.29) is 24.4 Å². The van der Waals surface area contributed by atoms with Gasteiger partial charge in [0.05, 0.1) is 6.54 Å². The lowest BCUT2D eigenvalue weighted by molar-refractivity contribution is -0.192. The Morgan fingerprint density at radius 3 is 2.42 bits per heavy atom. The van der Waals surface area contributed by atoms with Gasteiger partial charge >= 0.3 is 12.1 Å². The molecule has 0 aromatic rings. The predicted molar refractivity (Wildman–Crippen MR) is 55.1 cm³/mol. The molecule has 0 radical (unpaired) electrons. The monoisotopic (exact) mass is 283 g/mol. The van der Waals surface area contributed by atoms with Gasteiger partial charge in [0, 0.05) is 19.6 Å². The van der Waals surface area contributed by atoms with Crippen LogP contribution in [0.15, 0.2) is 0 Å². The van der Waals surface area contributed by atoms with Crippen LogP contribution in [-0.4, -0.2) is 66.2 Å². The SMILES string of the molecule is O=C(O)C(F)(F)F.O=C1NCC(=O)N2CCNCC12. The Morgan fingerprint density at radius 2 is 1.95 bits per heavy atom. The molecule has 2 amide bonds. The second-order valence-corrected chi connectivity index (χ2v) is 3.83. The standard InChI is InChI=1S/C7H11N3O2.C2HF3O2/c11-6-4-9-7(12)5-3-8-1-2-10(5)6;3-2(4,5)1(6)7/h5,8H,1-4H2,(H,9,12);(H,6,7). The van der Waals surface area contributed by atoms with Crippen molar-refractivity contribution >= 4 is 17.8 Å². The average Bonchev–Trinajstić information content (AvgIpc) is 2.34. The Labute approximate surface area is 105 Å². The van der Waals surface area contributed by atoms with Crippen LogP contribution in [0.4, 0.5) is 13.2 Å². The van der Waals surface area contributed by atoms with Crippen LogP contribution in [0.5, 0.6) is 0 Å². The second-order valence-electron chi connectivity index (χ2n) is 3.83. The van der Waals surface area contributed by atoms with Crippen molar-refractivity contribution < 1.29 is 32.7 Å². The lowest BCUT2D eigenvalue weighted by Gasteiger charge is -2.38. The summed E-state index contributed by atoms with van der Waals surface area (Å²) in [6, 6.07) is -0.278. The molecule has 1 atom stereocenters. The third-order valence-corrected chi connectivity index (χ3v) is 2.52. The molecule has 19 heavy (non-hydrogen) atoms. The highest BCUT2D eigenvalue weighted by molar-refractivity contribution is 5.95. The lowest BCUT2D eigenvalue weighted by Crippen LogP contribution is -2.65. The van der Waals surface area contributed by atoms with Crippen LogP contribution >= 0.6 is 0 Å². The zero-order valence-corrected chi connectivity index (χ0v) is 9.66. The molecule has 0 aromatic carbocycles. The van der Waals surface area contributed by atoms with E-state index in [1.807, 2.05) is 0 Å². The van der Waals surface area contributed by atoms with Crippen molar-refractivity contribution in [2.24, 2.45) is 0 Å². The highest BCUT2D eigenvalue weighted by Gasteiger charge is 2.38. The molecule has 2 aliphatic heterocycles. The Bertz CT molecular complexity index is 361. The number of halogens is 3. The van der Waals surface area contributed by atoms with Gasteiger partial charge in [0.1, 0.15) is 6.04 Å². The van der Waals surface area contributed by atoms with Crippen molar-refractivity contribution in [2.75, 3.05) is 26.2 Å². The highest BCUT2D eigenvalue weighted by Crippen LogP contribution is 2.13. The molecule has 7 nitrogen and oxygen atoms in total. The fourth-order valence-corrected chi connectivity index (χ4v) is 1.62. The summed E-state index contributed by atoms with van der Waals surface area (Å²) in [6.07, 6.45) is -5.08. The van der Waals surface area contributed by atoms with Gasteiger partial charge in [-0.25, -0.2) is 4.79 Å². The fourth-order valence-electron chi connectivity index (χ4n) is 1.62. The molecule has 10 heteroatoms. The van der Waals surface area contributed by atoms with Crippen LogP contribution < -0.4 is 10.6 Å². The lowest BCUT2D eigenvalue weighted by atomic mass is 10.1. The summed E-state index contributed by atoms with van der Waals surface area (Å²) >= 11 is 0. The van der Waals surface area contributed by atoms with Gasteiger partial charge in [-0.05, 0) is 0 Å². The van der Waals surface area contributed by atoms with Crippen molar-refractivity contribution in [1.82, 2.24) is 15.5 Å². The molecule has 1 unspecified atom stereocenters. The van der Waals surface area contributed by atoms with E-state index in [0.717, 1.165) is 6.54 Å². The number of hydrogen-bond acceptors (Lipinski definition) is 4. The summed E-state index contributed by atoms with van der Waals surface area (Å²) in [5, 5.41) is 12.8. The first-order valence-electron chi connectivity index (χ1n) is 5.31. The molecule has 2 heterocycles. The van der Waals surface area contributed by atoms with Crippen molar-refractivity contribution in [3.63, 3.8) is 0 Å². The van der Waals surface area contributed by atoms with Crippen molar-refractivity contribution in [1.29, 1.82) is 0 Å². The third kappa shape index (κ3) is 4.09. The van der Waals surface area contributed by atoms with Crippen LogP contribution in [-0.2, 0) is 14.4 Å². The number of carboxylic acids is 1. The molecule has 108 valence electrons. The van der Waals surface area contributed by atoms with E-state index >= 15 is 0 Å². The maximum absolute atomic E-state index is 11.3. The van der Waals surface area contributed by atoms with E-state index in [1.54, 1.807) is 4.90 Å². The first kappa shape index (κ1) is 15.2. The Balaban J connectivity index is 0.000000224. The molecule has 3 N–H and O–H groups in total. The van der Waals surface area contributed by atoms with E-state index in [2.05, 4.69) is 10.6 Å². The van der Waals surface area contributed by atoms with Crippen LogP contribution in [0.3, 0.4) is 0 Å². The average molecular weight is 283 g/mol. The molecule has 0 aliphatic carbocycles. The van der Waals surface area contributed by atoms with E-state index in [0.29, 0.717) is 13.1 Å². The molecule has 0 spiro atoms. The number of nitrogens with one attached hydrogen (secondary N) is 2. The highest BCUT2D eigenvalue weighted by atomic mass is 19.4. The molecule has 2 fully saturated rings. The summed E-state index contributed by atoms with van der Waals surface area (Å²) in [6.45, 7) is 2.18. The second kappa shape index (κ2) is 5.87. The normalized spacial score (nSPS) is 22.9. The fraction of sp³-hybridized carbons (Fsp3) is 0.667. The molecule has 2 rings (SSSR count). The molecule has 0 saturated carbocycles. The van der Waals surface area contributed by atoms with Crippen LogP contribution in [0.1, 0.15) is 0 Å². The third-order valence-electron chi connectivity index (χ3n) is 2.52. The molecular weight excluding hydrogens is 271 g/mol. The summed E-state index contributed by atoms with van der Waals surface area (Å²) in [7, 11) is 0. The van der Waals surface area contributed by atoms with Gasteiger partial charge in [0.2, 0.25) is 11.8 Å². The summed E-state index contributed by atoms with van der Waals surface area (Å²) < 4.78 is 31.7. The van der Waals surface area contributed by atoms with Gasteiger partial charge in [-0.15, -0.1) is 0 Å². The van der Waals surface area contributed by atoms with E-state index in [4.69, 9.17) is 9.90 Å². The number of piperazine rings is 2. The molecule has 2 aliphatic rings. The van der Waals surface area contributed by atoms with Gasteiger partial charge in [0.15, 0.2) is 0 Å². The topological polar surface area (TPSA) is 98.7 Å². The first-order chi connectivity index (χ1) is 8.73. The van der Waals surface area contributed by atoms with E-state index in [9.17, 15) is 22.8 Å². The number of carbonyl (C=O) groups excluding carboxylic acids is 2. The Morgan fingerprint density at radius 1 is 1.37 bits per heavy atom. The number of amides is 2. The van der Waals surface area contributed by atoms with Crippen LogP contribution in [0, 0.1) is 0 Å². The number of rotatable bonds is 0. The van der Waals surface area contributed by atoms with E-state index < -0.39 is 12.1 Å². The van der Waals surface area contributed by atoms with Gasteiger partial charge < -0.3 is 20.6 Å². The number of hydrogen-bond donors (Lipinski definition) is 3. The van der Waals surface area contributed by atoms with Crippen LogP contribution in [0.25, 0.3) is 0 Å². The van der Waals surface area contributed by atoms with Gasteiger partial charge in [-0.1, -0.05) is 0 Å². The largest absolute Gasteiger partial charge is 0.490 e. The van der Waals surface area contributed by atoms with E-state index in [1.165, 1.54) is 0 Å². The summed E-state index contributed by atoms with van der Waals surface area (Å²) in [4.78, 5) is 33.0.